The maximum absolute atomic E-state index is 5.78. The highest BCUT2D eigenvalue weighted by molar-refractivity contribution is 14.0. The maximum atomic E-state index is 5.78. The largest absolute Gasteiger partial charge is 0.370 e. The van der Waals surface area contributed by atoms with E-state index in [0.717, 1.165) is 24.2 Å². The van der Waals surface area contributed by atoms with E-state index >= 15 is 0 Å². The Labute approximate surface area is 135 Å². The summed E-state index contributed by atoms with van der Waals surface area (Å²) < 4.78 is 0. The molecule has 2 heterocycles. The van der Waals surface area contributed by atoms with E-state index in [4.69, 9.17) is 5.73 Å². The summed E-state index contributed by atoms with van der Waals surface area (Å²) in [6.45, 7) is 1.26. The van der Waals surface area contributed by atoms with Gasteiger partial charge in [-0.05, 0) is 23.8 Å². The van der Waals surface area contributed by atoms with Crippen molar-refractivity contribution in [2.75, 3.05) is 6.54 Å². The Morgan fingerprint density at radius 1 is 1.20 bits per heavy atom. The van der Waals surface area contributed by atoms with Crippen LogP contribution >= 0.6 is 24.0 Å². The summed E-state index contributed by atoms with van der Waals surface area (Å²) >= 11 is 0. The van der Waals surface area contributed by atoms with Crippen molar-refractivity contribution >= 4 is 29.9 Å². The summed E-state index contributed by atoms with van der Waals surface area (Å²) in [7, 11) is 0. The highest BCUT2D eigenvalue weighted by Crippen LogP contribution is 1.97. The van der Waals surface area contributed by atoms with Crippen LogP contribution < -0.4 is 11.1 Å². The van der Waals surface area contributed by atoms with Crippen molar-refractivity contribution in [1.82, 2.24) is 15.3 Å². The van der Waals surface area contributed by atoms with Crippen molar-refractivity contribution in [1.29, 1.82) is 0 Å². The van der Waals surface area contributed by atoms with Gasteiger partial charge in [-0.25, -0.2) is 4.99 Å². The number of nitrogens with one attached hydrogen (secondary N) is 1. The van der Waals surface area contributed by atoms with Gasteiger partial charge in [0.1, 0.15) is 0 Å². The summed E-state index contributed by atoms with van der Waals surface area (Å²) in [6.07, 6.45) is 6.13. The molecule has 0 spiro atoms. The normalized spacial score (nSPS) is 10.7. The molecule has 0 saturated heterocycles. The number of hydrogen-bond acceptors (Lipinski definition) is 3. The first kappa shape index (κ1) is 16.4. The van der Waals surface area contributed by atoms with Crippen LogP contribution in [0.4, 0.5) is 0 Å². The van der Waals surface area contributed by atoms with Gasteiger partial charge in [-0.1, -0.05) is 12.1 Å². The number of nitrogens with zero attached hydrogens (tertiary/aromatic N) is 3. The van der Waals surface area contributed by atoms with Crippen molar-refractivity contribution in [3.8, 4) is 0 Å². The number of halogens is 1. The molecule has 0 fully saturated rings. The zero-order valence-corrected chi connectivity index (χ0v) is 13.4. The second-order valence-electron chi connectivity index (χ2n) is 4.06. The predicted octanol–water partition coefficient (Wildman–Crippen LogP) is 1.74. The van der Waals surface area contributed by atoms with E-state index in [2.05, 4.69) is 20.3 Å². The molecule has 2 aromatic heterocycles. The highest BCUT2D eigenvalue weighted by Gasteiger charge is 1.95. The number of aliphatic imine (C=N–C) groups is 1. The fraction of sp³-hybridized carbons (Fsp3) is 0.214. The molecule has 0 saturated carbocycles. The quantitative estimate of drug-likeness (QED) is 0.469. The Morgan fingerprint density at radius 3 is 2.80 bits per heavy atom. The molecule has 5 nitrogen and oxygen atoms in total. The Kier molecular flexibility index (Phi) is 7.56. The van der Waals surface area contributed by atoms with Crippen molar-refractivity contribution in [3.05, 3.63) is 60.2 Å². The maximum Gasteiger partial charge on any atom is 0.188 e. The standard InChI is InChI=1S/C14H17N5.HI/c15-14(19-11-12-4-3-7-16-10-12)18-9-6-13-5-1-2-8-17-13;/h1-5,7-8,10H,6,9,11H2,(H3,15,18,19);1H. The minimum Gasteiger partial charge on any atom is -0.370 e. The first-order valence-corrected chi connectivity index (χ1v) is 6.17. The Balaban J connectivity index is 0.00000200. The average Bonchev–Trinajstić information content (AvgIpc) is 2.47. The van der Waals surface area contributed by atoms with E-state index in [0.29, 0.717) is 12.5 Å². The van der Waals surface area contributed by atoms with Gasteiger partial charge in [0.05, 0.1) is 6.54 Å². The molecule has 106 valence electrons. The lowest BCUT2D eigenvalue weighted by atomic mass is 10.3. The molecule has 0 aliphatic heterocycles. The monoisotopic (exact) mass is 383 g/mol. The van der Waals surface area contributed by atoms with Crippen LogP contribution in [0.25, 0.3) is 0 Å². The third-order valence-electron chi connectivity index (χ3n) is 2.57. The lowest BCUT2D eigenvalue weighted by molar-refractivity contribution is 0.827. The summed E-state index contributed by atoms with van der Waals surface area (Å²) in [4.78, 5) is 12.5. The first-order valence-electron chi connectivity index (χ1n) is 6.17. The van der Waals surface area contributed by atoms with Crippen LogP contribution in [0.2, 0.25) is 0 Å². The average molecular weight is 383 g/mol. The molecule has 3 N–H and O–H groups in total. The molecule has 0 aliphatic rings. The van der Waals surface area contributed by atoms with E-state index < -0.39 is 0 Å². The predicted molar refractivity (Wildman–Crippen MR) is 90.9 cm³/mol. The second kappa shape index (κ2) is 9.24. The second-order valence-corrected chi connectivity index (χ2v) is 4.06. The van der Waals surface area contributed by atoms with Crippen molar-refractivity contribution < 1.29 is 0 Å². The van der Waals surface area contributed by atoms with Crippen LogP contribution in [0, 0.1) is 0 Å². The fourth-order valence-corrected chi connectivity index (χ4v) is 1.59. The minimum absolute atomic E-state index is 0. The fourth-order valence-electron chi connectivity index (χ4n) is 1.59. The topological polar surface area (TPSA) is 76.2 Å². The third kappa shape index (κ3) is 5.96. The Bertz CT molecular complexity index is 516. The van der Waals surface area contributed by atoms with Crippen LogP contribution in [0.1, 0.15) is 11.3 Å². The van der Waals surface area contributed by atoms with Gasteiger partial charge in [-0.15, -0.1) is 24.0 Å². The molecule has 0 atom stereocenters. The number of guanidine groups is 1. The number of rotatable bonds is 5. The SMILES string of the molecule is I.NC(=NCc1cccnc1)NCCc1ccccn1. The van der Waals surface area contributed by atoms with E-state index in [-0.39, 0.29) is 24.0 Å². The smallest absolute Gasteiger partial charge is 0.188 e. The molecule has 2 aromatic rings. The number of aromatic nitrogens is 2. The van der Waals surface area contributed by atoms with Gasteiger partial charge in [-0.3, -0.25) is 9.97 Å². The van der Waals surface area contributed by atoms with E-state index in [1.165, 1.54) is 0 Å². The van der Waals surface area contributed by atoms with Crippen LogP contribution in [0.5, 0.6) is 0 Å². The molecular formula is C14H18IN5. The molecule has 0 radical (unpaired) electrons. The molecule has 0 amide bonds. The van der Waals surface area contributed by atoms with Gasteiger partial charge in [0.25, 0.3) is 0 Å². The van der Waals surface area contributed by atoms with Crippen molar-refractivity contribution in [2.45, 2.75) is 13.0 Å². The van der Waals surface area contributed by atoms with E-state index in [1.807, 2.05) is 30.3 Å². The molecule has 0 aliphatic carbocycles. The zero-order chi connectivity index (χ0) is 13.3. The van der Waals surface area contributed by atoms with Crippen molar-refractivity contribution in [2.24, 2.45) is 10.7 Å². The molecule has 0 bridgehead atoms. The Morgan fingerprint density at radius 2 is 2.10 bits per heavy atom. The van der Waals surface area contributed by atoms with Gasteiger partial charge >= 0.3 is 0 Å². The summed E-state index contributed by atoms with van der Waals surface area (Å²) in [6, 6.07) is 9.72. The molecule has 6 heteroatoms. The van der Waals surface area contributed by atoms with Gasteiger partial charge in [0.2, 0.25) is 0 Å². The number of nitrogens with two attached hydrogens (primary N) is 1. The van der Waals surface area contributed by atoms with Crippen LogP contribution in [0.3, 0.4) is 0 Å². The summed E-state index contributed by atoms with van der Waals surface area (Å²) in [5, 5.41) is 3.07. The van der Waals surface area contributed by atoms with Gasteiger partial charge in [-0.2, -0.15) is 0 Å². The molecule has 2 rings (SSSR count). The van der Waals surface area contributed by atoms with Gasteiger partial charge in [0, 0.05) is 37.3 Å². The van der Waals surface area contributed by atoms with Gasteiger partial charge < -0.3 is 11.1 Å². The highest BCUT2D eigenvalue weighted by atomic mass is 127. The van der Waals surface area contributed by atoms with Crippen LogP contribution in [-0.2, 0) is 13.0 Å². The molecular weight excluding hydrogens is 365 g/mol. The Hall–Kier alpha value is -1.70. The van der Waals surface area contributed by atoms with Gasteiger partial charge in [0.15, 0.2) is 5.96 Å². The number of pyridine rings is 2. The molecule has 0 unspecified atom stereocenters. The van der Waals surface area contributed by atoms with Crippen molar-refractivity contribution in [3.63, 3.8) is 0 Å². The zero-order valence-electron chi connectivity index (χ0n) is 11.1. The van der Waals surface area contributed by atoms with E-state index in [9.17, 15) is 0 Å². The van der Waals surface area contributed by atoms with E-state index in [1.54, 1.807) is 18.6 Å². The number of hydrogen-bond donors (Lipinski definition) is 2. The minimum atomic E-state index is 0. The summed E-state index contributed by atoms with van der Waals surface area (Å²) in [5.41, 5.74) is 7.86. The van der Waals surface area contributed by atoms with Crippen LogP contribution in [0.15, 0.2) is 53.9 Å². The first-order chi connectivity index (χ1) is 9.34. The summed E-state index contributed by atoms with van der Waals surface area (Å²) in [5.74, 6) is 0.444. The van der Waals surface area contributed by atoms with Crippen LogP contribution in [-0.4, -0.2) is 22.5 Å². The molecule has 20 heavy (non-hydrogen) atoms. The molecule has 0 aromatic carbocycles. The third-order valence-corrected chi connectivity index (χ3v) is 2.57. The lowest BCUT2D eigenvalue weighted by Crippen LogP contribution is -2.33. The lowest BCUT2D eigenvalue weighted by Gasteiger charge is -2.05.